The lowest BCUT2D eigenvalue weighted by Gasteiger charge is -2.57. The second kappa shape index (κ2) is 4.66. The third-order valence-electron chi connectivity index (χ3n) is 5.41. The Kier molecular flexibility index (Phi) is 3.29. The van der Waals surface area contributed by atoms with Crippen LogP contribution in [0.3, 0.4) is 0 Å². The van der Waals surface area contributed by atoms with Crippen LogP contribution in [-0.4, -0.2) is 16.7 Å². The Morgan fingerprint density at radius 2 is 1.67 bits per heavy atom. The van der Waals surface area contributed by atoms with Crippen molar-refractivity contribution in [2.24, 2.45) is 17.8 Å². The van der Waals surface area contributed by atoms with Gasteiger partial charge in [0.05, 0.1) is 0 Å². The third-order valence-corrected chi connectivity index (χ3v) is 5.63. The smallest absolute Gasteiger partial charge is 0.166 e. The molecule has 4 fully saturated rings. The molecule has 0 aromatic rings. The maximum Gasteiger partial charge on any atom is 0.166 e. The van der Waals surface area contributed by atoms with Crippen molar-refractivity contribution >= 4 is 17.3 Å². The van der Waals surface area contributed by atoms with Gasteiger partial charge in [-0.25, -0.2) is 0 Å². The molecule has 0 saturated heterocycles. The van der Waals surface area contributed by atoms with Gasteiger partial charge in [0.15, 0.2) is 5.11 Å². The van der Waals surface area contributed by atoms with Crippen LogP contribution in [0, 0.1) is 17.8 Å². The monoisotopic (exact) mass is 266 g/mol. The summed E-state index contributed by atoms with van der Waals surface area (Å²) in [5.74, 6) is 2.94. The van der Waals surface area contributed by atoms with Crippen LogP contribution in [0.2, 0.25) is 0 Å². The van der Waals surface area contributed by atoms with Gasteiger partial charge < -0.3 is 10.6 Å². The van der Waals surface area contributed by atoms with Crippen LogP contribution < -0.4 is 10.6 Å². The predicted molar refractivity (Wildman–Crippen MR) is 79.5 cm³/mol. The average Bonchev–Trinajstić information content (AvgIpc) is 2.25. The highest BCUT2D eigenvalue weighted by molar-refractivity contribution is 7.80. The summed E-state index contributed by atoms with van der Waals surface area (Å²) in [4.78, 5) is 0. The third kappa shape index (κ3) is 2.38. The van der Waals surface area contributed by atoms with Crippen LogP contribution in [0.5, 0.6) is 0 Å². The Labute approximate surface area is 116 Å². The van der Waals surface area contributed by atoms with Gasteiger partial charge >= 0.3 is 0 Å². The summed E-state index contributed by atoms with van der Waals surface area (Å²) in [6.07, 6.45) is 9.69. The van der Waals surface area contributed by atoms with Crippen LogP contribution in [-0.2, 0) is 0 Å². The lowest BCUT2D eigenvalue weighted by Crippen LogP contribution is -2.61. The zero-order chi connectivity index (χ0) is 12.8. The van der Waals surface area contributed by atoms with Crippen molar-refractivity contribution in [1.82, 2.24) is 10.6 Å². The molecule has 4 bridgehead atoms. The topological polar surface area (TPSA) is 24.1 Å². The molecular formula is C15H26N2S. The molecule has 4 saturated carbocycles. The van der Waals surface area contributed by atoms with Gasteiger partial charge in [0, 0.05) is 11.6 Å². The summed E-state index contributed by atoms with van der Waals surface area (Å²) >= 11 is 5.51. The number of rotatable bonds is 3. The molecule has 4 rings (SSSR count). The van der Waals surface area contributed by atoms with E-state index in [1.54, 1.807) is 0 Å². The molecule has 4 aliphatic carbocycles. The predicted octanol–water partition coefficient (Wildman–Crippen LogP) is 3.22. The van der Waals surface area contributed by atoms with E-state index in [1.807, 2.05) is 0 Å². The van der Waals surface area contributed by atoms with E-state index in [0.29, 0.717) is 11.6 Å². The van der Waals surface area contributed by atoms with Gasteiger partial charge in [-0.3, -0.25) is 0 Å². The molecule has 0 aromatic heterocycles. The first-order valence-electron chi connectivity index (χ1n) is 7.67. The first-order valence-corrected chi connectivity index (χ1v) is 8.08. The first kappa shape index (κ1) is 12.7. The molecular weight excluding hydrogens is 240 g/mol. The van der Waals surface area contributed by atoms with Crippen molar-refractivity contribution in [3.63, 3.8) is 0 Å². The minimum Gasteiger partial charge on any atom is -0.360 e. The van der Waals surface area contributed by atoms with Gasteiger partial charge in [0.25, 0.3) is 0 Å². The fourth-order valence-electron chi connectivity index (χ4n) is 4.87. The van der Waals surface area contributed by atoms with Crippen molar-refractivity contribution in [1.29, 1.82) is 0 Å². The van der Waals surface area contributed by atoms with Crippen molar-refractivity contribution in [3.8, 4) is 0 Å². The van der Waals surface area contributed by atoms with Crippen molar-refractivity contribution < 1.29 is 0 Å². The maximum absolute atomic E-state index is 5.51. The SMILES string of the molecule is CC[C@H](C)NC(=S)NC12CC3CC(CC(C3)C1)C2. The van der Waals surface area contributed by atoms with Gasteiger partial charge in [-0.05, 0) is 81.8 Å². The van der Waals surface area contributed by atoms with Crippen LogP contribution in [0.15, 0.2) is 0 Å². The first-order chi connectivity index (χ1) is 8.58. The molecule has 0 unspecified atom stereocenters. The van der Waals surface area contributed by atoms with Crippen LogP contribution in [0.25, 0.3) is 0 Å². The Balaban J connectivity index is 1.63. The number of nitrogens with one attached hydrogen (secondary N) is 2. The lowest BCUT2D eigenvalue weighted by molar-refractivity contribution is -0.0102. The molecule has 3 heteroatoms. The van der Waals surface area contributed by atoms with E-state index >= 15 is 0 Å². The highest BCUT2D eigenvalue weighted by Crippen LogP contribution is 2.55. The van der Waals surface area contributed by atoms with E-state index in [-0.39, 0.29) is 0 Å². The summed E-state index contributed by atoms with van der Waals surface area (Å²) in [7, 11) is 0. The van der Waals surface area contributed by atoms with E-state index < -0.39 is 0 Å². The van der Waals surface area contributed by atoms with Gasteiger partial charge in [0.1, 0.15) is 0 Å². The number of hydrogen-bond donors (Lipinski definition) is 2. The van der Waals surface area contributed by atoms with E-state index in [4.69, 9.17) is 12.2 Å². The Hall–Kier alpha value is -0.310. The highest BCUT2D eigenvalue weighted by atomic mass is 32.1. The van der Waals surface area contributed by atoms with Gasteiger partial charge in [-0.2, -0.15) is 0 Å². The zero-order valence-electron chi connectivity index (χ0n) is 11.7. The molecule has 0 aliphatic heterocycles. The van der Waals surface area contributed by atoms with Gasteiger partial charge in [-0.15, -0.1) is 0 Å². The average molecular weight is 266 g/mol. The molecule has 2 nitrogen and oxygen atoms in total. The molecule has 0 spiro atoms. The second-order valence-electron chi connectivity index (χ2n) is 7.11. The fourth-order valence-corrected chi connectivity index (χ4v) is 5.28. The zero-order valence-corrected chi connectivity index (χ0v) is 12.5. The van der Waals surface area contributed by atoms with Crippen molar-refractivity contribution in [3.05, 3.63) is 0 Å². The van der Waals surface area contributed by atoms with Crippen LogP contribution in [0.4, 0.5) is 0 Å². The van der Waals surface area contributed by atoms with Crippen molar-refractivity contribution in [2.45, 2.75) is 70.4 Å². The molecule has 102 valence electrons. The van der Waals surface area contributed by atoms with Crippen molar-refractivity contribution in [2.75, 3.05) is 0 Å². The van der Waals surface area contributed by atoms with E-state index in [0.717, 1.165) is 29.3 Å². The summed E-state index contributed by atoms with van der Waals surface area (Å²) in [5, 5.41) is 8.03. The molecule has 0 aromatic carbocycles. The summed E-state index contributed by atoms with van der Waals surface area (Å²) in [6, 6.07) is 0.485. The van der Waals surface area contributed by atoms with E-state index in [1.165, 1.54) is 38.5 Å². The number of hydrogen-bond acceptors (Lipinski definition) is 1. The Bertz CT molecular complexity index is 304. The molecule has 2 N–H and O–H groups in total. The summed E-state index contributed by atoms with van der Waals surface area (Å²) < 4.78 is 0. The minimum absolute atomic E-state index is 0.353. The van der Waals surface area contributed by atoms with Gasteiger partial charge in [0.2, 0.25) is 0 Å². The minimum atomic E-state index is 0.353. The lowest BCUT2D eigenvalue weighted by atomic mass is 9.53. The summed E-state index contributed by atoms with van der Waals surface area (Å²) in [6.45, 7) is 4.40. The van der Waals surface area contributed by atoms with Crippen LogP contribution in [0.1, 0.15) is 58.8 Å². The molecule has 18 heavy (non-hydrogen) atoms. The quantitative estimate of drug-likeness (QED) is 0.767. The van der Waals surface area contributed by atoms with E-state index in [9.17, 15) is 0 Å². The van der Waals surface area contributed by atoms with E-state index in [2.05, 4.69) is 24.5 Å². The van der Waals surface area contributed by atoms with Gasteiger partial charge in [-0.1, -0.05) is 6.92 Å². The standard InChI is InChI=1S/C15H26N2S/c1-3-10(2)16-14(18)17-15-7-11-4-12(8-15)6-13(5-11)9-15/h10-13H,3-9H2,1-2H3,(H2,16,17,18)/t10-,11?,12?,13?,15?/m0/s1. The second-order valence-corrected chi connectivity index (χ2v) is 7.51. The summed E-state index contributed by atoms with van der Waals surface area (Å²) in [5.41, 5.74) is 0.353. The molecule has 0 heterocycles. The largest absolute Gasteiger partial charge is 0.360 e. The Morgan fingerprint density at radius 3 is 2.11 bits per heavy atom. The Morgan fingerprint density at radius 1 is 1.17 bits per heavy atom. The molecule has 0 radical (unpaired) electrons. The molecule has 4 aliphatic rings. The van der Waals surface area contributed by atoms with Crippen LogP contribution >= 0.6 is 12.2 Å². The normalized spacial score (nSPS) is 42.7. The highest BCUT2D eigenvalue weighted by Gasteiger charge is 2.51. The molecule has 0 amide bonds. The fraction of sp³-hybridized carbons (Fsp3) is 0.933. The maximum atomic E-state index is 5.51. The molecule has 1 atom stereocenters. The number of thiocarbonyl (C=S) groups is 1.